The molecule has 1 amide bonds. The summed E-state index contributed by atoms with van der Waals surface area (Å²) in [4.78, 5) is 26.4. The maximum absolute atomic E-state index is 12.1. The van der Waals surface area contributed by atoms with Gasteiger partial charge in [-0.15, -0.1) is 0 Å². The molecule has 2 saturated heterocycles. The van der Waals surface area contributed by atoms with Crippen molar-refractivity contribution in [3.8, 4) is 0 Å². The molecule has 2 atom stereocenters. The summed E-state index contributed by atoms with van der Waals surface area (Å²) in [5, 5.41) is 8.92. The number of hydrogen-bond donors (Lipinski definition) is 1. The summed E-state index contributed by atoms with van der Waals surface area (Å²) >= 11 is 0. The van der Waals surface area contributed by atoms with Crippen molar-refractivity contribution >= 4 is 21.7 Å². The number of carboxylic acids is 1. The Morgan fingerprint density at radius 1 is 1.38 bits per heavy atom. The van der Waals surface area contributed by atoms with Crippen molar-refractivity contribution in [2.75, 3.05) is 38.2 Å². The number of likely N-dealkylation sites (N-methyl/N-ethyl adjacent to an activating group) is 1. The van der Waals surface area contributed by atoms with Gasteiger partial charge in [0.1, 0.15) is 0 Å². The van der Waals surface area contributed by atoms with E-state index in [4.69, 9.17) is 5.11 Å². The first kappa shape index (κ1) is 16.2. The lowest BCUT2D eigenvalue weighted by molar-refractivity contribution is -0.146. The van der Waals surface area contributed by atoms with Crippen LogP contribution in [-0.2, 0) is 19.4 Å². The molecule has 2 rings (SSSR count). The van der Waals surface area contributed by atoms with E-state index >= 15 is 0 Å². The van der Waals surface area contributed by atoms with Crippen LogP contribution < -0.4 is 0 Å². The minimum absolute atomic E-state index is 0.0495. The van der Waals surface area contributed by atoms with Crippen molar-refractivity contribution in [3.63, 3.8) is 0 Å². The molecule has 0 bridgehead atoms. The van der Waals surface area contributed by atoms with Crippen LogP contribution in [0.1, 0.15) is 13.3 Å². The van der Waals surface area contributed by atoms with E-state index in [1.807, 2.05) is 4.90 Å². The Balaban J connectivity index is 1.77. The van der Waals surface area contributed by atoms with E-state index in [0.29, 0.717) is 19.5 Å². The van der Waals surface area contributed by atoms with E-state index in [-0.39, 0.29) is 35.9 Å². The highest BCUT2D eigenvalue weighted by Gasteiger charge is 2.37. The fraction of sp³-hybridized carbons (Fsp3) is 0.846. The molecule has 1 N–H and O–H groups in total. The number of nitrogens with zero attached hydrogens (tertiary/aromatic N) is 2. The molecule has 2 aliphatic rings. The van der Waals surface area contributed by atoms with Gasteiger partial charge in [0, 0.05) is 26.2 Å². The number of rotatable bonds is 5. The highest BCUT2D eigenvalue weighted by atomic mass is 32.2. The van der Waals surface area contributed by atoms with Crippen LogP contribution in [0.2, 0.25) is 0 Å². The molecule has 0 radical (unpaired) electrons. The van der Waals surface area contributed by atoms with Gasteiger partial charge in [0.15, 0.2) is 9.84 Å². The van der Waals surface area contributed by atoms with Crippen molar-refractivity contribution < 1.29 is 23.1 Å². The second kappa shape index (κ2) is 5.92. The minimum Gasteiger partial charge on any atom is -0.481 e. The van der Waals surface area contributed by atoms with E-state index in [9.17, 15) is 18.0 Å². The van der Waals surface area contributed by atoms with Gasteiger partial charge in [0.05, 0.1) is 24.0 Å². The van der Waals surface area contributed by atoms with Crippen molar-refractivity contribution in [2.45, 2.75) is 19.4 Å². The third kappa shape index (κ3) is 3.74. The number of carboxylic acid groups (broad SMARTS) is 1. The van der Waals surface area contributed by atoms with Crippen molar-refractivity contribution in [1.82, 2.24) is 9.80 Å². The van der Waals surface area contributed by atoms with Gasteiger partial charge in [-0.05, 0) is 12.3 Å². The Labute approximate surface area is 124 Å². The van der Waals surface area contributed by atoms with Gasteiger partial charge in [-0.3, -0.25) is 14.5 Å². The van der Waals surface area contributed by atoms with E-state index in [2.05, 4.69) is 0 Å². The van der Waals surface area contributed by atoms with Gasteiger partial charge >= 0.3 is 5.97 Å². The van der Waals surface area contributed by atoms with Crippen LogP contribution in [0.4, 0.5) is 0 Å². The van der Waals surface area contributed by atoms with Crippen LogP contribution in [0.25, 0.3) is 0 Å². The van der Waals surface area contributed by atoms with Gasteiger partial charge < -0.3 is 10.0 Å². The van der Waals surface area contributed by atoms with E-state index in [1.54, 1.807) is 14.0 Å². The summed E-state index contributed by atoms with van der Waals surface area (Å²) in [6.07, 6.45) is 0.503. The molecular formula is C13H22N2O5S. The van der Waals surface area contributed by atoms with E-state index < -0.39 is 21.7 Å². The summed E-state index contributed by atoms with van der Waals surface area (Å²) in [5.74, 6) is -1.01. The molecule has 0 aromatic heterocycles. The number of hydrogen-bond acceptors (Lipinski definition) is 5. The monoisotopic (exact) mass is 318 g/mol. The molecule has 0 aliphatic carbocycles. The standard InChI is InChI=1S/C13H22N2O5S/c1-9(13(17)18)10-5-15(6-10)7-12(16)14(2)11-3-4-21(19,20)8-11/h9-11H,3-8H2,1-2H3,(H,17,18). The van der Waals surface area contributed by atoms with Crippen LogP contribution in [0.3, 0.4) is 0 Å². The first-order chi connectivity index (χ1) is 9.69. The van der Waals surface area contributed by atoms with Gasteiger partial charge in [-0.25, -0.2) is 8.42 Å². The summed E-state index contributed by atoms with van der Waals surface area (Å²) in [7, 11) is -1.35. The SMILES string of the molecule is CC(C(=O)O)C1CN(CC(=O)N(C)C2CCS(=O)(=O)C2)C1. The predicted molar refractivity (Wildman–Crippen MR) is 76.6 cm³/mol. The summed E-state index contributed by atoms with van der Waals surface area (Å²) in [5.41, 5.74) is 0. The zero-order valence-corrected chi connectivity index (χ0v) is 13.2. The van der Waals surface area contributed by atoms with Crippen LogP contribution in [-0.4, -0.2) is 79.4 Å². The van der Waals surface area contributed by atoms with Crippen molar-refractivity contribution in [1.29, 1.82) is 0 Å². The molecule has 0 aromatic carbocycles. The molecule has 0 spiro atoms. The highest BCUT2D eigenvalue weighted by Crippen LogP contribution is 2.24. The first-order valence-corrected chi connectivity index (χ1v) is 8.93. The predicted octanol–water partition coefficient (Wildman–Crippen LogP) is -0.716. The summed E-state index contributed by atoms with van der Waals surface area (Å²) in [6.45, 7) is 3.13. The lowest BCUT2D eigenvalue weighted by Crippen LogP contribution is -2.54. The molecular weight excluding hydrogens is 296 g/mol. The Hall–Kier alpha value is -1.15. The van der Waals surface area contributed by atoms with Crippen LogP contribution in [0.5, 0.6) is 0 Å². The number of sulfone groups is 1. The van der Waals surface area contributed by atoms with Crippen LogP contribution in [0.15, 0.2) is 0 Å². The molecule has 0 saturated carbocycles. The lowest BCUT2D eigenvalue weighted by Gasteiger charge is -2.41. The molecule has 8 heteroatoms. The molecule has 120 valence electrons. The maximum atomic E-state index is 12.1. The average molecular weight is 318 g/mol. The number of amides is 1. The summed E-state index contributed by atoms with van der Waals surface area (Å²) in [6, 6.07) is -0.225. The zero-order chi connectivity index (χ0) is 15.8. The topological polar surface area (TPSA) is 95.0 Å². The Morgan fingerprint density at radius 3 is 2.48 bits per heavy atom. The smallest absolute Gasteiger partial charge is 0.306 e. The molecule has 2 fully saturated rings. The van der Waals surface area contributed by atoms with Gasteiger partial charge in [0.2, 0.25) is 5.91 Å². The molecule has 21 heavy (non-hydrogen) atoms. The molecule has 2 unspecified atom stereocenters. The third-order valence-electron chi connectivity index (χ3n) is 4.59. The Bertz CT molecular complexity index is 527. The van der Waals surface area contributed by atoms with Gasteiger partial charge in [0.25, 0.3) is 0 Å². The van der Waals surface area contributed by atoms with Crippen LogP contribution in [0, 0.1) is 11.8 Å². The second-order valence-corrected chi connectivity index (χ2v) is 8.37. The molecule has 7 nitrogen and oxygen atoms in total. The highest BCUT2D eigenvalue weighted by molar-refractivity contribution is 7.91. The van der Waals surface area contributed by atoms with Crippen molar-refractivity contribution in [3.05, 3.63) is 0 Å². The number of carbonyl (C=O) groups excluding carboxylic acids is 1. The molecule has 0 aromatic rings. The van der Waals surface area contributed by atoms with Crippen molar-refractivity contribution in [2.24, 2.45) is 11.8 Å². The van der Waals surface area contributed by atoms with Gasteiger partial charge in [-0.2, -0.15) is 0 Å². The largest absolute Gasteiger partial charge is 0.481 e. The Kier molecular flexibility index (Phi) is 4.57. The maximum Gasteiger partial charge on any atom is 0.306 e. The quantitative estimate of drug-likeness (QED) is 0.719. The van der Waals surface area contributed by atoms with Crippen LogP contribution >= 0.6 is 0 Å². The third-order valence-corrected chi connectivity index (χ3v) is 6.34. The van der Waals surface area contributed by atoms with E-state index in [1.165, 1.54) is 4.90 Å². The number of aliphatic carboxylic acids is 1. The first-order valence-electron chi connectivity index (χ1n) is 7.11. The Morgan fingerprint density at radius 2 is 2.00 bits per heavy atom. The average Bonchev–Trinajstić information content (AvgIpc) is 2.71. The second-order valence-electron chi connectivity index (χ2n) is 6.14. The normalized spacial score (nSPS) is 27.0. The number of carbonyl (C=O) groups is 2. The number of likely N-dealkylation sites (tertiary alicyclic amines) is 1. The van der Waals surface area contributed by atoms with Gasteiger partial charge in [-0.1, -0.05) is 6.92 Å². The lowest BCUT2D eigenvalue weighted by atomic mass is 9.87. The molecule has 2 aliphatic heterocycles. The van der Waals surface area contributed by atoms with E-state index in [0.717, 1.165) is 0 Å². The fourth-order valence-electron chi connectivity index (χ4n) is 2.84. The summed E-state index contributed by atoms with van der Waals surface area (Å²) < 4.78 is 22.9. The zero-order valence-electron chi connectivity index (χ0n) is 12.4. The fourth-order valence-corrected chi connectivity index (χ4v) is 4.62. The molecule has 2 heterocycles. The minimum atomic E-state index is -3.00.